The van der Waals surface area contributed by atoms with Crippen LogP contribution in [0.3, 0.4) is 0 Å². The maximum Gasteiger partial charge on any atom is 0.275 e. The third-order valence-electron chi connectivity index (χ3n) is 6.43. The summed E-state index contributed by atoms with van der Waals surface area (Å²) in [5, 5.41) is 8.17. The van der Waals surface area contributed by atoms with E-state index in [0.29, 0.717) is 35.8 Å². The summed E-state index contributed by atoms with van der Waals surface area (Å²) in [5.74, 6) is 0.193. The topological polar surface area (TPSA) is 101 Å². The summed E-state index contributed by atoms with van der Waals surface area (Å²) in [5.41, 5.74) is 9.43. The maximum atomic E-state index is 12.8. The molecule has 0 saturated heterocycles. The molecule has 0 aliphatic rings. The summed E-state index contributed by atoms with van der Waals surface area (Å²) in [6.45, 7) is 0.703. The van der Waals surface area contributed by atoms with E-state index in [0.717, 1.165) is 22.3 Å². The van der Waals surface area contributed by atoms with Crippen molar-refractivity contribution >= 4 is 24.2 Å². The second-order valence-corrected chi connectivity index (χ2v) is 9.61. The molecule has 8 heteroatoms. The van der Waals surface area contributed by atoms with E-state index in [9.17, 15) is 9.59 Å². The highest BCUT2D eigenvalue weighted by Crippen LogP contribution is 2.20. The minimum Gasteiger partial charge on any atom is -0.488 e. The quantitative estimate of drug-likeness (QED) is 0.132. The molecule has 0 aromatic heterocycles. The molecule has 2 amide bonds. The molecule has 2 N–H and O–H groups in total. The van der Waals surface area contributed by atoms with Crippen molar-refractivity contribution in [2.75, 3.05) is 0 Å². The summed E-state index contributed by atoms with van der Waals surface area (Å²) < 4.78 is 11.7. The Morgan fingerprint density at radius 2 is 0.864 bits per heavy atom. The minimum absolute atomic E-state index is 0.351. The first-order valence-corrected chi connectivity index (χ1v) is 13.9. The Hall–Kier alpha value is -6.02. The predicted molar refractivity (Wildman–Crippen MR) is 171 cm³/mol. The lowest BCUT2D eigenvalue weighted by Crippen LogP contribution is -2.19. The first-order valence-electron chi connectivity index (χ1n) is 13.9. The number of hydrazone groups is 2. The zero-order valence-corrected chi connectivity index (χ0v) is 23.8. The predicted octanol–water partition coefficient (Wildman–Crippen LogP) is 6.37. The molecule has 0 saturated carbocycles. The van der Waals surface area contributed by atoms with Crippen LogP contribution in [0.2, 0.25) is 0 Å². The zero-order chi connectivity index (χ0) is 30.4. The highest BCUT2D eigenvalue weighted by Gasteiger charge is 2.12. The molecule has 0 radical (unpaired) electrons. The Bertz CT molecular complexity index is 1610. The largest absolute Gasteiger partial charge is 0.488 e. The maximum absolute atomic E-state index is 12.8. The van der Waals surface area contributed by atoms with E-state index in [1.807, 2.05) is 97.1 Å². The van der Waals surface area contributed by atoms with E-state index in [4.69, 9.17) is 9.47 Å². The fourth-order valence-corrected chi connectivity index (χ4v) is 4.15. The number of hydrogen-bond acceptors (Lipinski definition) is 6. The number of nitrogens with zero attached hydrogens (tertiary/aromatic N) is 2. The van der Waals surface area contributed by atoms with E-state index < -0.39 is 0 Å². The fourth-order valence-electron chi connectivity index (χ4n) is 4.15. The first kappa shape index (κ1) is 29.5. The molecular formula is C36H30N4O4. The van der Waals surface area contributed by atoms with Gasteiger partial charge in [-0.15, -0.1) is 0 Å². The van der Waals surface area contributed by atoms with Crippen molar-refractivity contribution in [1.82, 2.24) is 10.9 Å². The zero-order valence-electron chi connectivity index (χ0n) is 23.8. The molecule has 0 spiro atoms. The summed E-state index contributed by atoms with van der Waals surface area (Å²) >= 11 is 0. The van der Waals surface area contributed by atoms with E-state index in [1.54, 1.807) is 48.8 Å². The molecular weight excluding hydrogens is 552 g/mol. The van der Waals surface area contributed by atoms with Gasteiger partial charge in [0.25, 0.3) is 11.8 Å². The van der Waals surface area contributed by atoms with E-state index in [1.165, 1.54) is 0 Å². The Morgan fingerprint density at radius 1 is 0.500 bits per heavy atom. The summed E-state index contributed by atoms with van der Waals surface area (Å²) in [6, 6.07) is 40.8. The van der Waals surface area contributed by atoms with Crippen LogP contribution in [-0.2, 0) is 13.2 Å². The summed E-state index contributed by atoms with van der Waals surface area (Å²) in [4.78, 5) is 25.5. The van der Waals surface area contributed by atoms with Crippen molar-refractivity contribution in [3.05, 3.63) is 167 Å². The van der Waals surface area contributed by atoms with Crippen LogP contribution in [-0.4, -0.2) is 24.2 Å². The molecule has 0 unspecified atom stereocenters. The van der Waals surface area contributed by atoms with Crippen LogP contribution in [0, 0.1) is 0 Å². The van der Waals surface area contributed by atoms with Gasteiger partial charge in [0.05, 0.1) is 23.6 Å². The van der Waals surface area contributed by atoms with Gasteiger partial charge in [-0.1, -0.05) is 109 Å². The molecule has 44 heavy (non-hydrogen) atoms. The van der Waals surface area contributed by atoms with Crippen LogP contribution >= 0.6 is 0 Å². The molecule has 5 aromatic rings. The van der Waals surface area contributed by atoms with Crippen molar-refractivity contribution in [2.45, 2.75) is 13.2 Å². The standard InChI is InChI=1S/C36H30N4O4/c41-35(31-15-7-9-17-33(31)43-25-29-11-3-1-4-12-29)39-37-23-27-19-21-28(22-20-27)24-38-40-36(42)32-16-8-10-18-34(32)44-26-30-13-5-2-6-14-30/h1-24H,25-26H2,(H,39,41)(H,40,42)/b37-23+,38-24+. The Labute approximate surface area is 255 Å². The molecule has 0 fully saturated rings. The lowest BCUT2D eigenvalue weighted by molar-refractivity contribution is 0.0942. The second kappa shape index (κ2) is 15.3. The third kappa shape index (κ3) is 8.50. The van der Waals surface area contributed by atoms with Gasteiger partial charge >= 0.3 is 0 Å². The number of amides is 2. The van der Waals surface area contributed by atoms with Gasteiger partial charge < -0.3 is 9.47 Å². The van der Waals surface area contributed by atoms with Gasteiger partial charge in [0, 0.05) is 0 Å². The van der Waals surface area contributed by atoms with Gasteiger partial charge in [-0.3, -0.25) is 9.59 Å². The van der Waals surface area contributed by atoms with Crippen molar-refractivity contribution in [2.24, 2.45) is 10.2 Å². The van der Waals surface area contributed by atoms with Gasteiger partial charge in [-0.2, -0.15) is 10.2 Å². The highest BCUT2D eigenvalue weighted by atomic mass is 16.5. The van der Waals surface area contributed by atoms with Crippen molar-refractivity contribution < 1.29 is 19.1 Å². The van der Waals surface area contributed by atoms with E-state index in [-0.39, 0.29) is 11.8 Å². The molecule has 218 valence electrons. The number of rotatable bonds is 12. The first-order chi connectivity index (χ1) is 21.7. The van der Waals surface area contributed by atoms with Gasteiger partial charge in [0.1, 0.15) is 24.7 Å². The monoisotopic (exact) mass is 582 g/mol. The number of carbonyl (C=O) groups excluding carboxylic acids is 2. The van der Waals surface area contributed by atoms with Crippen LogP contribution < -0.4 is 20.3 Å². The Morgan fingerprint density at radius 3 is 1.27 bits per heavy atom. The van der Waals surface area contributed by atoms with Crippen LogP contribution in [0.5, 0.6) is 11.5 Å². The molecule has 0 heterocycles. The lowest BCUT2D eigenvalue weighted by Gasteiger charge is -2.10. The minimum atomic E-state index is -0.378. The number of nitrogens with one attached hydrogen (secondary N) is 2. The van der Waals surface area contributed by atoms with Crippen LogP contribution in [0.25, 0.3) is 0 Å². The smallest absolute Gasteiger partial charge is 0.275 e. The van der Waals surface area contributed by atoms with Crippen LogP contribution in [0.4, 0.5) is 0 Å². The SMILES string of the molecule is O=C(N/N=C/c1ccc(/C=N/NC(=O)c2ccccc2OCc2ccccc2)cc1)c1ccccc1OCc1ccccc1. The average Bonchev–Trinajstić information content (AvgIpc) is 3.08. The number of carbonyl (C=O) groups is 2. The van der Waals surface area contributed by atoms with Crippen molar-refractivity contribution in [1.29, 1.82) is 0 Å². The average molecular weight is 583 g/mol. The normalized spacial score (nSPS) is 10.9. The van der Waals surface area contributed by atoms with E-state index >= 15 is 0 Å². The van der Waals surface area contributed by atoms with Gasteiger partial charge in [-0.05, 0) is 46.5 Å². The third-order valence-corrected chi connectivity index (χ3v) is 6.43. The van der Waals surface area contributed by atoms with Gasteiger partial charge in [0.2, 0.25) is 0 Å². The fraction of sp³-hybridized carbons (Fsp3) is 0.0556. The number of ether oxygens (including phenoxy) is 2. The van der Waals surface area contributed by atoms with Crippen LogP contribution in [0.15, 0.2) is 144 Å². The van der Waals surface area contributed by atoms with Crippen molar-refractivity contribution in [3.8, 4) is 11.5 Å². The molecule has 0 atom stereocenters. The summed E-state index contributed by atoms with van der Waals surface area (Å²) in [7, 11) is 0. The summed E-state index contributed by atoms with van der Waals surface area (Å²) in [6.07, 6.45) is 3.08. The number of hydrogen-bond donors (Lipinski definition) is 2. The molecule has 5 aromatic carbocycles. The van der Waals surface area contributed by atoms with Gasteiger partial charge in [-0.25, -0.2) is 10.9 Å². The second-order valence-electron chi connectivity index (χ2n) is 9.61. The number of para-hydroxylation sites is 2. The number of benzene rings is 5. The van der Waals surface area contributed by atoms with E-state index in [2.05, 4.69) is 21.1 Å². The van der Waals surface area contributed by atoms with Crippen LogP contribution in [0.1, 0.15) is 43.0 Å². The van der Waals surface area contributed by atoms with Gasteiger partial charge in [0.15, 0.2) is 0 Å². The highest BCUT2D eigenvalue weighted by molar-refractivity contribution is 5.98. The molecule has 0 bridgehead atoms. The molecule has 8 nitrogen and oxygen atoms in total. The molecule has 0 aliphatic carbocycles. The Balaban J connectivity index is 1.11. The van der Waals surface area contributed by atoms with Crippen molar-refractivity contribution in [3.63, 3.8) is 0 Å². The Kier molecular flexibility index (Phi) is 10.2. The molecule has 5 rings (SSSR count). The molecule has 0 aliphatic heterocycles. The lowest BCUT2D eigenvalue weighted by atomic mass is 10.1.